The molecule has 24 heavy (non-hydrogen) atoms. The number of rotatable bonds is 6. The van der Waals surface area contributed by atoms with Crippen LogP contribution in [0.5, 0.6) is 0 Å². The van der Waals surface area contributed by atoms with Gasteiger partial charge in [-0.2, -0.15) is 0 Å². The molecule has 0 spiro atoms. The van der Waals surface area contributed by atoms with E-state index >= 15 is 0 Å². The Morgan fingerprint density at radius 3 is 2.12 bits per heavy atom. The first-order valence-electron chi connectivity index (χ1n) is 8.32. The van der Waals surface area contributed by atoms with Gasteiger partial charge in [0.2, 0.25) is 0 Å². The highest BCUT2D eigenvalue weighted by Crippen LogP contribution is 2.39. The average molecular weight is 341 g/mol. The Labute approximate surface area is 145 Å². The van der Waals surface area contributed by atoms with Crippen molar-refractivity contribution in [2.75, 3.05) is 20.3 Å². The zero-order valence-corrected chi connectivity index (χ0v) is 16.0. The van der Waals surface area contributed by atoms with Gasteiger partial charge in [-0.15, -0.1) is 0 Å². The van der Waals surface area contributed by atoms with Crippen molar-refractivity contribution < 1.29 is 23.8 Å². The Kier molecular flexibility index (Phi) is 6.84. The smallest absolute Gasteiger partial charge is 0.333 e. The van der Waals surface area contributed by atoms with Gasteiger partial charge in [0.05, 0.1) is 13.2 Å². The molecule has 1 heterocycles. The number of methoxy groups -OCH3 is 1. The predicted octanol–water partition coefficient (Wildman–Crippen LogP) is 2.66. The quantitative estimate of drug-likeness (QED) is 0.420. The average Bonchev–Trinajstić information content (AvgIpc) is 2.39. The molecule has 0 N–H and O–H groups in total. The fourth-order valence-corrected chi connectivity index (χ4v) is 3.72. The molecule has 0 aliphatic carbocycles. The molecule has 0 unspecified atom stereocenters. The van der Waals surface area contributed by atoms with Crippen LogP contribution in [-0.4, -0.2) is 54.3 Å². The van der Waals surface area contributed by atoms with Crippen LogP contribution in [0.15, 0.2) is 11.8 Å². The molecule has 1 aliphatic rings. The van der Waals surface area contributed by atoms with Crippen LogP contribution in [0.4, 0.5) is 0 Å². The van der Waals surface area contributed by atoms with E-state index in [2.05, 4.69) is 37.3 Å². The molecule has 0 aromatic heterocycles. The summed E-state index contributed by atoms with van der Waals surface area (Å²) in [5.74, 6) is -0.107. The minimum atomic E-state index is -0.412. The lowest BCUT2D eigenvalue weighted by molar-refractivity contribution is -0.145. The number of nitrogens with zero attached hydrogens (tertiary/aromatic N) is 1. The Balaban J connectivity index is 2.77. The van der Waals surface area contributed by atoms with E-state index in [1.165, 1.54) is 20.1 Å². The van der Waals surface area contributed by atoms with Crippen LogP contribution in [0.1, 0.15) is 54.4 Å². The van der Waals surface area contributed by atoms with E-state index in [1.54, 1.807) is 6.92 Å². The van der Waals surface area contributed by atoms with Crippen LogP contribution < -0.4 is 0 Å². The zero-order chi connectivity index (χ0) is 18.5. The molecular formula is C18H31NO5. The van der Waals surface area contributed by atoms with Gasteiger partial charge in [0.25, 0.3) is 0 Å². The van der Waals surface area contributed by atoms with E-state index in [0.717, 1.165) is 12.8 Å². The van der Waals surface area contributed by atoms with Crippen LogP contribution in [0, 0.1) is 0 Å². The summed E-state index contributed by atoms with van der Waals surface area (Å²) in [6, 6.07) is 0. The Morgan fingerprint density at radius 1 is 1.12 bits per heavy atom. The van der Waals surface area contributed by atoms with Gasteiger partial charge < -0.3 is 14.2 Å². The summed E-state index contributed by atoms with van der Waals surface area (Å²) in [5.41, 5.74) is -0.226. The lowest BCUT2D eigenvalue weighted by Gasteiger charge is -2.55. The van der Waals surface area contributed by atoms with Gasteiger partial charge in [0, 0.05) is 37.4 Å². The molecule has 0 aromatic rings. The van der Waals surface area contributed by atoms with Crippen LogP contribution >= 0.6 is 0 Å². The van der Waals surface area contributed by atoms with Gasteiger partial charge >= 0.3 is 11.9 Å². The number of likely N-dealkylation sites (tertiary alicyclic amines) is 1. The highest BCUT2D eigenvalue weighted by atomic mass is 16.5. The molecule has 0 radical (unpaired) electrons. The SMILES string of the molecule is COC(=O)/C=C(/C)OC1CC(C)(C)N(CCOC(C)=O)C(C)(C)C1. The monoisotopic (exact) mass is 341 g/mol. The first-order valence-corrected chi connectivity index (χ1v) is 8.32. The van der Waals surface area contributed by atoms with Crippen LogP contribution in [0.2, 0.25) is 0 Å². The van der Waals surface area contributed by atoms with Gasteiger partial charge in [0.1, 0.15) is 18.5 Å². The molecular weight excluding hydrogens is 310 g/mol. The Morgan fingerprint density at radius 2 is 1.67 bits per heavy atom. The van der Waals surface area contributed by atoms with Crippen molar-refractivity contribution in [1.82, 2.24) is 4.90 Å². The number of allylic oxidation sites excluding steroid dienone is 1. The molecule has 0 atom stereocenters. The second-order valence-corrected chi connectivity index (χ2v) is 7.54. The fraction of sp³-hybridized carbons (Fsp3) is 0.778. The van der Waals surface area contributed by atoms with Crippen molar-refractivity contribution in [3.05, 3.63) is 11.8 Å². The second kappa shape index (κ2) is 8.01. The normalized spacial score (nSPS) is 21.2. The van der Waals surface area contributed by atoms with Crippen molar-refractivity contribution >= 4 is 11.9 Å². The maximum Gasteiger partial charge on any atom is 0.333 e. The molecule has 0 aromatic carbocycles. The number of hydrogen-bond acceptors (Lipinski definition) is 6. The molecule has 6 heteroatoms. The summed E-state index contributed by atoms with van der Waals surface area (Å²) in [5, 5.41) is 0. The topological polar surface area (TPSA) is 65.1 Å². The number of carbonyl (C=O) groups is 2. The molecule has 6 nitrogen and oxygen atoms in total. The van der Waals surface area contributed by atoms with E-state index in [-0.39, 0.29) is 23.2 Å². The van der Waals surface area contributed by atoms with E-state index in [0.29, 0.717) is 18.9 Å². The fourth-order valence-electron chi connectivity index (χ4n) is 3.72. The molecule has 1 rings (SSSR count). The molecule has 0 saturated carbocycles. The van der Waals surface area contributed by atoms with Crippen molar-refractivity contribution in [2.24, 2.45) is 0 Å². The summed E-state index contributed by atoms with van der Waals surface area (Å²) in [4.78, 5) is 24.7. The highest BCUT2D eigenvalue weighted by Gasteiger charge is 2.45. The summed E-state index contributed by atoms with van der Waals surface area (Å²) < 4.78 is 15.7. The van der Waals surface area contributed by atoms with Crippen LogP contribution in [0.25, 0.3) is 0 Å². The van der Waals surface area contributed by atoms with Gasteiger partial charge in [-0.3, -0.25) is 9.69 Å². The summed E-state index contributed by atoms with van der Waals surface area (Å²) >= 11 is 0. The number of esters is 2. The molecule has 1 fully saturated rings. The molecule has 0 bridgehead atoms. The molecule has 138 valence electrons. The summed E-state index contributed by atoms with van der Waals surface area (Å²) in [7, 11) is 1.35. The van der Waals surface area contributed by atoms with Crippen molar-refractivity contribution in [1.29, 1.82) is 0 Å². The van der Waals surface area contributed by atoms with Gasteiger partial charge in [-0.25, -0.2) is 4.79 Å². The van der Waals surface area contributed by atoms with Gasteiger partial charge in [0.15, 0.2) is 0 Å². The third kappa shape index (κ3) is 5.82. The Bertz CT molecular complexity index is 478. The standard InChI is InChI=1S/C18H31NO5/c1-13(10-16(21)22-7)24-15-11-17(3,4)19(18(5,6)12-15)8-9-23-14(2)20/h10,15H,8-9,11-12H2,1-7H3/b13-10-. The summed E-state index contributed by atoms with van der Waals surface area (Å²) in [6.07, 6.45) is 3.03. The maximum atomic E-state index is 11.3. The van der Waals surface area contributed by atoms with E-state index < -0.39 is 5.97 Å². The van der Waals surface area contributed by atoms with Crippen molar-refractivity contribution in [3.8, 4) is 0 Å². The third-order valence-electron chi connectivity index (χ3n) is 4.41. The number of ether oxygens (including phenoxy) is 3. The lowest BCUT2D eigenvalue weighted by atomic mass is 9.78. The minimum absolute atomic E-state index is 0.0147. The van der Waals surface area contributed by atoms with Crippen LogP contribution in [-0.2, 0) is 23.8 Å². The predicted molar refractivity (Wildman–Crippen MR) is 91.4 cm³/mol. The van der Waals surface area contributed by atoms with Crippen molar-refractivity contribution in [3.63, 3.8) is 0 Å². The number of hydrogen-bond donors (Lipinski definition) is 0. The van der Waals surface area contributed by atoms with E-state index in [4.69, 9.17) is 9.47 Å². The third-order valence-corrected chi connectivity index (χ3v) is 4.41. The van der Waals surface area contributed by atoms with Gasteiger partial charge in [-0.05, 0) is 34.6 Å². The minimum Gasteiger partial charge on any atom is -0.495 e. The molecule has 1 saturated heterocycles. The van der Waals surface area contributed by atoms with E-state index in [9.17, 15) is 9.59 Å². The zero-order valence-electron chi connectivity index (χ0n) is 16.0. The van der Waals surface area contributed by atoms with E-state index in [1.807, 2.05) is 0 Å². The Hall–Kier alpha value is -1.56. The first-order chi connectivity index (χ1) is 11.0. The van der Waals surface area contributed by atoms with Crippen LogP contribution in [0.3, 0.4) is 0 Å². The summed E-state index contributed by atoms with van der Waals surface area (Å²) in [6.45, 7) is 12.9. The maximum absolute atomic E-state index is 11.3. The number of piperidine rings is 1. The lowest BCUT2D eigenvalue weighted by Crippen LogP contribution is -2.62. The van der Waals surface area contributed by atoms with Crippen molar-refractivity contribution in [2.45, 2.75) is 71.6 Å². The second-order valence-electron chi connectivity index (χ2n) is 7.54. The largest absolute Gasteiger partial charge is 0.495 e. The molecule has 0 amide bonds. The van der Waals surface area contributed by atoms with Gasteiger partial charge in [-0.1, -0.05) is 0 Å². The molecule has 1 aliphatic heterocycles. The first kappa shape index (κ1) is 20.5. The number of carbonyl (C=O) groups excluding carboxylic acids is 2. The highest BCUT2D eigenvalue weighted by molar-refractivity contribution is 5.82.